The van der Waals surface area contributed by atoms with Crippen molar-refractivity contribution < 1.29 is 9.21 Å². The second-order valence-corrected chi connectivity index (χ2v) is 6.95. The van der Waals surface area contributed by atoms with E-state index in [-0.39, 0.29) is 5.91 Å². The predicted molar refractivity (Wildman–Crippen MR) is 108 cm³/mol. The molecule has 0 fully saturated rings. The van der Waals surface area contributed by atoms with Crippen LogP contribution in [-0.4, -0.2) is 5.91 Å². The van der Waals surface area contributed by atoms with E-state index in [4.69, 9.17) is 39.2 Å². The van der Waals surface area contributed by atoms with E-state index in [1.165, 1.54) is 6.08 Å². The van der Waals surface area contributed by atoms with Crippen molar-refractivity contribution in [3.8, 4) is 11.3 Å². The fourth-order valence-electron chi connectivity index (χ4n) is 2.35. The summed E-state index contributed by atoms with van der Waals surface area (Å²) in [6.45, 7) is 1.89. The molecular weight excluding hydrogens is 393 g/mol. The maximum Gasteiger partial charge on any atom is 0.248 e. The summed E-state index contributed by atoms with van der Waals surface area (Å²) < 4.78 is 5.72. The first-order valence-electron chi connectivity index (χ1n) is 7.72. The Morgan fingerprint density at radius 3 is 2.42 bits per heavy atom. The van der Waals surface area contributed by atoms with Crippen LogP contribution in [0.3, 0.4) is 0 Å². The number of furan rings is 1. The summed E-state index contributed by atoms with van der Waals surface area (Å²) in [5.74, 6) is 0.869. The molecule has 1 aromatic heterocycles. The van der Waals surface area contributed by atoms with Crippen LogP contribution in [0.2, 0.25) is 15.1 Å². The number of carbonyl (C=O) groups excluding carboxylic acids is 1. The van der Waals surface area contributed by atoms with Gasteiger partial charge in [-0.2, -0.15) is 0 Å². The third-order valence-corrected chi connectivity index (χ3v) is 4.30. The zero-order valence-corrected chi connectivity index (χ0v) is 16.0. The maximum absolute atomic E-state index is 12.1. The van der Waals surface area contributed by atoms with Crippen molar-refractivity contribution in [2.45, 2.75) is 6.92 Å². The largest absolute Gasteiger partial charge is 0.457 e. The molecule has 1 N–H and O–H groups in total. The number of aryl methyl sites for hydroxylation is 1. The molecule has 0 aliphatic carbocycles. The van der Waals surface area contributed by atoms with Gasteiger partial charge in [0.15, 0.2) is 0 Å². The molecule has 0 bridgehead atoms. The normalized spacial score (nSPS) is 11.1. The highest BCUT2D eigenvalue weighted by Gasteiger charge is 2.07. The van der Waals surface area contributed by atoms with Crippen molar-refractivity contribution in [2.24, 2.45) is 0 Å². The summed E-state index contributed by atoms with van der Waals surface area (Å²) in [7, 11) is 0. The van der Waals surface area contributed by atoms with Gasteiger partial charge in [-0.1, -0.05) is 40.9 Å². The van der Waals surface area contributed by atoms with Crippen LogP contribution in [0.4, 0.5) is 5.69 Å². The van der Waals surface area contributed by atoms with E-state index in [2.05, 4.69) is 5.32 Å². The Bertz CT molecular complexity index is 972. The van der Waals surface area contributed by atoms with Gasteiger partial charge in [-0.15, -0.1) is 0 Å². The molecule has 0 aliphatic heterocycles. The summed E-state index contributed by atoms with van der Waals surface area (Å²) in [6.07, 6.45) is 2.98. The number of hydrogen-bond acceptors (Lipinski definition) is 2. The lowest BCUT2D eigenvalue weighted by Gasteiger charge is -2.06. The minimum absolute atomic E-state index is 0.279. The van der Waals surface area contributed by atoms with E-state index in [0.717, 1.165) is 11.1 Å². The number of amides is 1. The van der Waals surface area contributed by atoms with Crippen LogP contribution >= 0.6 is 34.8 Å². The van der Waals surface area contributed by atoms with Crippen molar-refractivity contribution in [1.29, 1.82) is 0 Å². The van der Waals surface area contributed by atoms with Gasteiger partial charge >= 0.3 is 0 Å². The third-order valence-electron chi connectivity index (χ3n) is 3.63. The Balaban J connectivity index is 1.72. The zero-order valence-electron chi connectivity index (χ0n) is 13.7. The van der Waals surface area contributed by atoms with Crippen LogP contribution in [0.25, 0.3) is 17.4 Å². The highest BCUT2D eigenvalue weighted by atomic mass is 35.5. The molecule has 0 saturated carbocycles. The molecule has 2 aromatic carbocycles. The first kappa shape index (κ1) is 18.6. The van der Waals surface area contributed by atoms with Gasteiger partial charge in [-0.3, -0.25) is 4.79 Å². The van der Waals surface area contributed by atoms with Crippen molar-refractivity contribution >= 4 is 52.5 Å². The summed E-state index contributed by atoms with van der Waals surface area (Å²) in [5.41, 5.74) is 2.36. The van der Waals surface area contributed by atoms with E-state index in [9.17, 15) is 4.79 Å². The van der Waals surface area contributed by atoms with Gasteiger partial charge in [0.1, 0.15) is 11.5 Å². The lowest BCUT2D eigenvalue weighted by molar-refractivity contribution is -0.111. The smallest absolute Gasteiger partial charge is 0.248 e. The molecule has 6 heteroatoms. The molecule has 0 unspecified atom stereocenters. The van der Waals surface area contributed by atoms with E-state index >= 15 is 0 Å². The van der Waals surface area contributed by atoms with Gasteiger partial charge in [0.2, 0.25) is 5.91 Å². The van der Waals surface area contributed by atoms with E-state index in [1.54, 1.807) is 48.5 Å². The average molecular weight is 407 g/mol. The van der Waals surface area contributed by atoms with Gasteiger partial charge in [0, 0.05) is 32.4 Å². The second-order valence-electron chi connectivity index (χ2n) is 5.64. The fraction of sp³-hybridized carbons (Fsp3) is 0.0500. The Hall–Kier alpha value is -2.20. The van der Waals surface area contributed by atoms with Gasteiger partial charge in [0.05, 0.1) is 0 Å². The van der Waals surface area contributed by atoms with Gasteiger partial charge in [0.25, 0.3) is 0 Å². The van der Waals surface area contributed by atoms with Crippen LogP contribution in [0, 0.1) is 6.92 Å². The van der Waals surface area contributed by atoms with Gasteiger partial charge in [-0.25, -0.2) is 0 Å². The molecule has 1 heterocycles. The number of carbonyl (C=O) groups is 1. The van der Waals surface area contributed by atoms with Gasteiger partial charge in [-0.05, 0) is 61.0 Å². The second kappa shape index (κ2) is 8.00. The molecule has 3 aromatic rings. The van der Waals surface area contributed by atoms with E-state index < -0.39 is 0 Å². The maximum atomic E-state index is 12.1. The lowest BCUT2D eigenvalue weighted by atomic mass is 10.2. The first-order valence-corrected chi connectivity index (χ1v) is 8.85. The Kier molecular flexibility index (Phi) is 5.72. The minimum atomic E-state index is -0.279. The lowest BCUT2D eigenvalue weighted by Crippen LogP contribution is -2.08. The highest BCUT2D eigenvalue weighted by Crippen LogP contribution is 2.29. The molecule has 1 amide bonds. The summed E-state index contributed by atoms with van der Waals surface area (Å²) in [4.78, 5) is 12.1. The molecule has 3 rings (SSSR count). The number of nitrogens with one attached hydrogen (secondary N) is 1. The zero-order chi connectivity index (χ0) is 18.7. The number of anilines is 1. The summed E-state index contributed by atoms with van der Waals surface area (Å²) in [6, 6.07) is 14.0. The summed E-state index contributed by atoms with van der Waals surface area (Å²) >= 11 is 18.0. The predicted octanol–water partition coefficient (Wildman–Crippen LogP) is 6.87. The third kappa shape index (κ3) is 4.70. The Morgan fingerprint density at radius 2 is 1.69 bits per heavy atom. The number of benzene rings is 2. The monoisotopic (exact) mass is 405 g/mol. The van der Waals surface area contributed by atoms with Crippen molar-refractivity contribution in [3.63, 3.8) is 0 Å². The number of halogens is 3. The molecule has 26 heavy (non-hydrogen) atoms. The van der Waals surface area contributed by atoms with Gasteiger partial charge < -0.3 is 9.73 Å². The molecular formula is C20H14Cl3NO2. The van der Waals surface area contributed by atoms with Crippen LogP contribution in [0.15, 0.2) is 59.0 Å². The van der Waals surface area contributed by atoms with Crippen molar-refractivity contribution in [3.05, 3.63) is 81.0 Å². The molecule has 0 aliphatic rings. The average Bonchev–Trinajstić information content (AvgIpc) is 3.04. The van der Waals surface area contributed by atoms with E-state index in [1.807, 2.05) is 13.0 Å². The highest BCUT2D eigenvalue weighted by molar-refractivity contribution is 6.35. The van der Waals surface area contributed by atoms with E-state index in [0.29, 0.717) is 32.3 Å². The minimum Gasteiger partial charge on any atom is -0.457 e. The molecule has 0 atom stereocenters. The molecule has 132 valence electrons. The Morgan fingerprint density at radius 1 is 0.962 bits per heavy atom. The molecule has 0 radical (unpaired) electrons. The molecule has 3 nitrogen and oxygen atoms in total. The quantitative estimate of drug-likeness (QED) is 0.480. The molecule has 0 saturated heterocycles. The van der Waals surface area contributed by atoms with Crippen molar-refractivity contribution in [2.75, 3.05) is 5.32 Å². The topological polar surface area (TPSA) is 42.2 Å². The van der Waals surface area contributed by atoms with Crippen LogP contribution in [0.5, 0.6) is 0 Å². The standard InChI is InChI=1S/C20H14Cl3NO2/c1-12-2-3-14(21)11-18(12)24-20(25)7-5-17-4-6-19(26-17)13-8-15(22)10-16(23)9-13/h2-11H,1H3,(H,24,25)/b7-5+. The van der Waals surface area contributed by atoms with Crippen LogP contribution in [-0.2, 0) is 4.79 Å². The number of hydrogen-bond donors (Lipinski definition) is 1. The SMILES string of the molecule is Cc1ccc(Cl)cc1NC(=O)/C=C/c1ccc(-c2cc(Cl)cc(Cl)c2)o1. The van der Waals surface area contributed by atoms with Crippen LogP contribution < -0.4 is 5.32 Å². The Labute approximate surface area is 166 Å². The number of rotatable bonds is 4. The summed E-state index contributed by atoms with van der Waals surface area (Å²) in [5, 5.41) is 4.40. The van der Waals surface area contributed by atoms with Crippen LogP contribution in [0.1, 0.15) is 11.3 Å². The van der Waals surface area contributed by atoms with Crippen molar-refractivity contribution in [1.82, 2.24) is 0 Å². The first-order chi connectivity index (χ1) is 12.4. The molecule has 0 spiro atoms. The fourth-order valence-corrected chi connectivity index (χ4v) is 3.05.